The highest BCUT2D eigenvalue weighted by Gasteiger charge is 2.24. The first-order valence-electron chi connectivity index (χ1n) is 8.26. The summed E-state index contributed by atoms with van der Waals surface area (Å²) in [5, 5.41) is 3.05. The quantitative estimate of drug-likeness (QED) is 0.476. The molecule has 0 bridgehead atoms. The Balaban J connectivity index is 1.82. The topological polar surface area (TPSA) is 70.7 Å². The Bertz CT molecular complexity index is 675. The molecule has 1 aromatic carbocycles. The Labute approximate surface area is 157 Å². The fourth-order valence-corrected chi connectivity index (χ4v) is 3.11. The summed E-state index contributed by atoms with van der Waals surface area (Å²) in [5.41, 5.74) is 6.26. The van der Waals surface area contributed by atoms with E-state index in [9.17, 15) is 9.18 Å². The smallest absolute Gasteiger partial charge is 0.323 e. The second kappa shape index (κ2) is 9.10. The Hall–Kier alpha value is -1.73. The lowest BCUT2D eigenvalue weighted by molar-refractivity contribution is 0.174. The second-order valence-corrected chi connectivity index (χ2v) is 6.89. The predicted molar refractivity (Wildman–Crippen MR) is 102 cm³/mol. The molecule has 0 spiro atoms. The van der Waals surface area contributed by atoms with Gasteiger partial charge in [-0.15, -0.1) is 0 Å². The summed E-state index contributed by atoms with van der Waals surface area (Å²) >= 11 is 10.8. The fourth-order valence-electron chi connectivity index (χ4n) is 2.75. The number of nitrogens with one attached hydrogen (secondary N) is 1. The van der Waals surface area contributed by atoms with Crippen molar-refractivity contribution < 1.29 is 9.18 Å². The lowest BCUT2D eigenvalue weighted by atomic mass is 9.90. The number of aliphatic imine (C=N–C) groups is 1. The van der Waals surface area contributed by atoms with E-state index in [0.29, 0.717) is 48.3 Å². The van der Waals surface area contributed by atoms with Gasteiger partial charge in [0.1, 0.15) is 11.7 Å². The highest BCUT2D eigenvalue weighted by atomic mass is 35.5. The SMILES string of the molecule is CC/C(N)=N/C(=S)NC(=O)N1CCC(Cc2ccc(Cl)cc2F)CC1. The van der Waals surface area contributed by atoms with Gasteiger partial charge in [0.05, 0.1) is 0 Å². The summed E-state index contributed by atoms with van der Waals surface area (Å²) in [7, 11) is 0. The van der Waals surface area contributed by atoms with Gasteiger partial charge in [0.15, 0.2) is 0 Å². The van der Waals surface area contributed by atoms with E-state index in [-0.39, 0.29) is 17.0 Å². The highest BCUT2D eigenvalue weighted by molar-refractivity contribution is 7.80. The van der Waals surface area contributed by atoms with Crippen LogP contribution in [0.1, 0.15) is 31.7 Å². The van der Waals surface area contributed by atoms with Crippen LogP contribution < -0.4 is 11.1 Å². The molecule has 1 fully saturated rings. The maximum Gasteiger partial charge on any atom is 0.323 e. The molecule has 2 rings (SSSR count). The molecule has 3 N–H and O–H groups in total. The van der Waals surface area contributed by atoms with Gasteiger partial charge < -0.3 is 10.6 Å². The summed E-state index contributed by atoms with van der Waals surface area (Å²) in [6.07, 6.45) is 2.84. The molecule has 1 saturated heterocycles. The zero-order valence-electron chi connectivity index (χ0n) is 14.1. The number of amides is 2. The maximum absolute atomic E-state index is 13.9. The lowest BCUT2D eigenvalue weighted by Crippen LogP contribution is -2.46. The normalized spacial score (nSPS) is 16.0. The molecule has 1 heterocycles. The van der Waals surface area contributed by atoms with E-state index in [1.165, 1.54) is 6.07 Å². The van der Waals surface area contributed by atoms with E-state index in [0.717, 1.165) is 12.8 Å². The van der Waals surface area contributed by atoms with Crippen LogP contribution in [-0.2, 0) is 6.42 Å². The van der Waals surface area contributed by atoms with Crippen molar-refractivity contribution in [3.8, 4) is 0 Å². The molecule has 0 unspecified atom stereocenters. The third-order valence-corrected chi connectivity index (χ3v) is 4.68. The number of hydrogen-bond donors (Lipinski definition) is 2. The minimum Gasteiger partial charge on any atom is -0.387 e. The summed E-state index contributed by atoms with van der Waals surface area (Å²) < 4.78 is 13.9. The monoisotopic (exact) mass is 384 g/mol. The number of piperidine rings is 1. The van der Waals surface area contributed by atoms with Crippen molar-refractivity contribution in [1.29, 1.82) is 0 Å². The Kier molecular flexibility index (Phi) is 7.13. The first-order chi connectivity index (χ1) is 11.9. The van der Waals surface area contributed by atoms with Crippen molar-refractivity contribution >= 4 is 40.8 Å². The van der Waals surface area contributed by atoms with Crippen molar-refractivity contribution in [1.82, 2.24) is 10.2 Å². The van der Waals surface area contributed by atoms with Gasteiger partial charge in [-0.25, -0.2) is 14.2 Å². The largest absolute Gasteiger partial charge is 0.387 e. The maximum atomic E-state index is 13.9. The van der Waals surface area contributed by atoms with Crippen molar-refractivity contribution in [3.63, 3.8) is 0 Å². The van der Waals surface area contributed by atoms with Gasteiger partial charge in [-0.1, -0.05) is 24.6 Å². The standard InChI is InChI=1S/C17H22ClFN4OS/c1-2-15(20)21-16(25)22-17(24)23-7-5-11(6-8-23)9-12-3-4-13(18)10-14(12)19/h3-4,10-11H,2,5-9H2,1H3,(H3,20,21,22,24,25). The van der Waals surface area contributed by atoms with Crippen LogP contribution in [-0.4, -0.2) is 35.0 Å². The van der Waals surface area contributed by atoms with E-state index in [1.54, 1.807) is 17.0 Å². The van der Waals surface area contributed by atoms with Gasteiger partial charge in [0.25, 0.3) is 0 Å². The molecule has 2 amide bonds. The summed E-state index contributed by atoms with van der Waals surface area (Å²) in [6, 6.07) is 4.49. The van der Waals surface area contributed by atoms with Gasteiger partial charge in [0.2, 0.25) is 5.11 Å². The van der Waals surface area contributed by atoms with E-state index in [4.69, 9.17) is 29.6 Å². The Morgan fingerprint density at radius 1 is 1.48 bits per heavy atom. The molecule has 25 heavy (non-hydrogen) atoms. The molecule has 0 radical (unpaired) electrons. The zero-order chi connectivity index (χ0) is 18.4. The van der Waals surface area contributed by atoms with E-state index in [1.807, 2.05) is 6.92 Å². The van der Waals surface area contributed by atoms with Crippen LogP contribution in [0.15, 0.2) is 23.2 Å². The first-order valence-corrected chi connectivity index (χ1v) is 9.04. The van der Waals surface area contributed by atoms with Crippen molar-refractivity contribution in [3.05, 3.63) is 34.6 Å². The number of thiocarbonyl (C=S) groups is 1. The molecule has 5 nitrogen and oxygen atoms in total. The molecule has 0 atom stereocenters. The molecule has 0 saturated carbocycles. The minimum absolute atomic E-state index is 0.0784. The summed E-state index contributed by atoms with van der Waals surface area (Å²) in [4.78, 5) is 17.8. The summed E-state index contributed by atoms with van der Waals surface area (Å²) in [6.45, 7) is 3.06. The molecule has 1 aliphatic heterocycles. The van der Waals surface area contributed by atoms with Crippen LogP contribution in [0.25, 0.3) is 0 Å². The van der Waals surface area contributed by atoms with E-state index in [2.05, 4.69) is 10.3 Å². The number of likely N-dealkylation sites (tertiary alicyclic amines) is 1. The fraction of sp³-hybridized carbons (Fsp3) is 0.471. The number of carbonyl (C=O) groups is 1. The number of benzene rings is 1. The molecule has 8 heteroatoms. The van der Waals surface area contributed by atoms with E-state index < -0.39 is 0 Å². The molecular weight excluding hydrogens is 363 g/mol. The minimum atomic E-state index is -0.274. The Morgan fingerprint density at radius 3 is 2.76 bits per heavy atom. The van der Waals surface area contributed by atoms with Gasteiger partial charge in [0, 0.05) is 24.5 Å². The van der Waals surface area contributed by atoms with Gasteiger partial charge in [-0.3, -0.25) is 5.32 Å². The molecule has 136 valence electrons. The number of nitrogens with zero attached hydrogens (tertiary/aromatic N) is 2. The molecule has 0 aromatic heterocycles. The summed E-state index contributed by atoms with van der Waals surface area (Å²) in [5.74, 6) is 0.443. The first kappa shape index (κ1) is 19.6. The van der Waals surface area contributed by atoms with Crippen LogP contribution in [0.3, 0.4) is 0 Å². The average Bonchev–Trinajstić information content (AvgIpc) is 2.57. The lowest BCUT2D eigenvalue weighted by Gasteiger charge is -2.32. The third-order valence-electron chi connectivity index (χ3n) is 4.25. The number of urea groups is 1. The van der Waals surface area contributed by atoms with Crippen LogP contribution in [0.5, 0.6) is 0 Å². The molecule has 1 aliphatic rings. The number of hydrogen-bond acceptors (Lipinski definition) is 2. The van der Waals surface area contributed by atoms with Crippen LogP contribution >= 0.6 is 23.8 Å². The van der Waals surface area contributed by atoms with Crippen molar-refractivity contribution in [2.24, 2.45) is 16.6 Å². The van der Waals surface area contributed by atoms with Gasteiger partial charge in [-0.2, -0.15) is 0 Å². The average molecular weight is 385 g/mol. The predicted octanol–water partition coefficient (Wildman–Crippen LogP) is 3.50. The van der Waals surface area contributed by atoms with Crippen molar-refractivity contribution in [2.45, 2.75) is 32.6 Å². The van der Waals surface area contributed by atoms with Crippen LogP contribution in [0, 0.1) is 11.7 Å². The molecular formula is C17H22ClFN4OS. The number of carbonyl (C=O) groups excluding carboxylic acids is 1. The van der Waals surface area contributed by atoms with Crippen LogP contribution in [0.4, 0.5) is 9.18 Å². The van der Waals surface area contributed by atoms with Crippen LogP contribution in [0.2, 0.25) is 5.02 Å². The molecule has 0 aliphatic carbocycles. The number of halogens is 2. The zero-order valence-corrected chi connectivity index (χ0v) is 15.7. The van der Waals surface area contributed by atoms with Gasteiger partial charge >= 0.3 is 6.03 Å². The number of amidine groups is 1. The van der Waals surface area contributed by atoms with Crippen molar-refractivity contribution in [2.75, 3.05) is 13.1 Å². The molecule has 1 aromatic rings. The number of rotatable bonds is 3. The van der Waals surface area contributed by atoms with E-state index >= 15 is 0 Å². The highest BCUT2D eigenvalue weighted by Crippen LogP contribution is 2.24. The van der Waals surface area contributed by atoms with Gasteiger partial charge in [-0.05, 0) is 55.1 Å². The third kappa shape index (κ3) is 5.93. The second-order valence-electron chi connectivity index (χ2n) is 6.06. The Morgan fingerprint density at radius 2 is 2.16 bits per heavy atom. The number of nitrogens with two attached hydrogens (primary N) is 1.